The first-order chi connectivity index (χ1) is 14.5. The molecule has 1 saturated heterocycles. The third kappa shape index (κ3) is 6.32. The quantitative estimate of drug-likeness (QED) is 0.651. The van der Waals surface area contributed by atoms with Crippen LogP contribution in [-0.2, 0) is 9.59 Å². The molecule has 8 heteroatoms. The van der Waals surface area contributed by atoms with Crippen molar-refractivity contribution in [3.05, 3.63) is 36.2 Å². The predicted octanol–water partition coefficient (Wildman–Crippen LogP) is 3.39. The van der Waals surface area contributed by atoms with E-state index in [1.807, 2.05) is 21.6 Å². The van der Waals surface area contributed by atoms with Crippen LogP contribution in [0.15, 0.2) is 35.7 Å². The van der Waals surface area contributed by atoms with E-state index in [2.05, 4.69) is 41.5 Å². The van der Waals surface area contributed by atoms with Crippen molar-refractivity contribution in [3.63, 3.8) is 0 Å². The SMILES string of the molecule is CC(C)c1ccc(-n2cnnc2SCC(=O)NCCC(=O)N2CCCCCC2)cc1. The molecule has 1 aliphatic rings. The van der Waals surface area contributed by atoms with Gasteiger partial charge < -0.3 is 10.2 Å². The van der Waals surface area contributed by atoms with E-state index in [9.17, 15) is 9.59 Å². The Hall–Kier alpha value is -2.35. The number of nitrogens with zero attached hydrogens (tertiary/aromatic N) is 4. The lowest BCUT2D eigenvalue weighted by molar-refractivity contribution is -0.131. The summed E-state index contributed by atoms with van der Waals surface area (Å²) in [5.41, 5.74) is 2.24. The number of carbonyl (C=O) groups is 2. The standard InChI is InChI=1S/C22H31N5O2S/c1-17(2)18-7-9-19(10-8-18)27-16-24-25-22(27)30-15-20(28)23-12-11-21(29)26-13-5-3-4-6-14-26/h7-10,16-17H,3-6,11-15H2,1-2H3,(H,23,28). The molecule has 1 aromatic carbocycles. The van der Waals surface area contributed by atoms with Crippen LogP contribution in [0, 0.1) is 0 Å². The fourth-order valence-corrected chi connectivity index (χ4v) is 4.25. The molecule has 1 fully saturated rings. The van der Waals surface area contributed by atoms with Crippen molar-refractivity contribution >= 4 is 23.6 Å². The summed E-state index contributed by atoms with van der Waals surface area (Å²) in [5, 5.41) is 11.6. The zero-order valence-corrected chi connectivity index (χ0v) is 18.7. The van der Waals surface area contributed by atoms with Crippen LogP contribution in [0.5, 0.6) is 0 Å². The van der Waals surface area contributed by atoms with Gasteiger partial charge in [-0.15, -0.1) is 10.2 Å². The topological polar surface area (TPSA) is 80.1 Å². The maximum atomic E-state index is 12.3. The summed E-state index contributed by atoms with van der Waals surface area (Å²) in [6, 6.07) is 8.28. The number of amides is 2. The van der Waals surface area contributed by atoms with Crippen molar-refractivity contribution in [3.8, 4) is 5.69 Å². The summed E-state index contributed by atoms with van der Waals surface area (Å²) in [6.45, 7) is 6.38. The molecule has 0 spiro atoms. The summed E-state index contributed by atoms with van der Waals surface area (Å²) < 4.78 is 1.88. The van der Waals surface area contributed by atoms with Gasteiger partial charge in [0, 0.05) is 31.7 Å². The van der Waals surface area contributed by atoms with Gasteiger partial charge in [0.05, 0.1) is 5.75 Å². The first kappa shape index (κ1) is 22.3. The number of rotatable bonds is 8. The molecule has 2 amide bonds. The van der Waals surface area contributed by atoms with Gasteiger partial charge in [0.25, 0.3) is 0 Å². The number of hydrogen-bond acceptors (Lipinski definition) is 5. The molecule has 2 heterocycles. The van der Waals surface area contributed by atoms with E-state index in [1.165, 1.54) is 30.2 Å². The minimum atomic E-state index is -0.103. The highest BCUT2D eigenvalue weighted by molar-refractivity contribution is 7.99. The summed E-state index contributed by atoms with van der Waals surface area (Å²) in [5.74, 6) is 0.743. The molecule has 1 aliphatic heterocycles. The number of benzene rings is 1. The second-order valence-electron chi connectivity index (χ2n) is 7.91. The van der Waals surface area contributed by atoms with Crippen molar-refractivity contribution in [1.82, 2.24) is 25.0 Å². The maximum absolute atomic E-state index is 12.3. The van der Waals surface area contributed by atoms with E-state index in [0.717, 1.165) is 31.6 Å². The molecule has 1 aromatic heterocycles. The fraction of sp³-hybridized carbons (Fsp3) is 0.545. The number of thioether (sulfide) groups is 1. The number of likely N-dealkylation sites (tertiary alicyclic amines) is 1. The highest BCUT2D eigenvalue weighted by Gasteiger charge is 2.16. The first-order valence-corrected chi connectivity index (χ1v) is 11.7. The van der Waals surface area contributed by atoms with Gasteiger partial charge in [0.2, 0.25) is 11.8 Å². The summed E-state index contributed by atoms with van der Waals surface area (Å²) in [6.07, 6.45) is 6.57. The molecule has 1 N–H and O–H groups in total. The Labute approximate surface area is 182 Å². The Morgan fingerprint density at radius 2 is 1.80 bits per heavy atom. The molecule has 0 aliphatic carbocycles. The van der Waals surface area contributed by atoms with Crippen molar-refractivity contribution in [1.29, 1.82) is 0 Å². The second-order valence-corrected chi connectivity index (χ2v) is 8.86. The molecule has 2 aromatic rings. The molecule has 7 nitrogen and oxygen atoms in total. The van der Waals surface area contributed by atoms with Crippen molar-refractivity contribution < 1.29 is 9.59 Å². The Balaban J connectivity index is 1.44. The van der Waals surface area contributed by atoms with Gasteiger partial charge in [-0.05, 0) is 36.5 Å². The lowest BCUT2D eigenvalue weighted by Gasteiger charge is -2.20. The van der Waals surface area contributed by atoms with Crippen LogP contribution in [0.3, 0.4) is 0 Å². The monoisotopic (exact) mass is 429 g/mol. The van der Waals surface area contributed by atoms with Crippen LogP contribution in [0.4, 0.5) is 0 Å². The molecular weight excluding hydrogens is 398 g/mol. The van der Waals surface area contributed by atoms with Gasteiger partial charge in [-0.25, -0.2) is 0 Å². The average Bonchev–Trinajstić information content (AvgIpc) is 3.04. The molecule has 0 atom stereocenters. The molecule has 30 heavy (non-hydrogen) atoms. The molecule has 0 radical (unpaired) electrons. The van der Waals surface area contributed by atoms with E-state index in [-0.39, 0.29) is 17.6 Å². The molecular formula is C22H31N5O2S. The van der Waals surface area contributed by atoms with E-state index in [1.54, 1.807) is 6.33 Å². The summed E-state index contributed by atoms with van der Waals surface area (Å²) >= 11 is 1.34. The van der Waals surface area contributed by atoms with Crippen LogP contribution in [0.1, 0.15) is 57.4 Å². The van der Waals surface area contributed by atoms with Crippen molar-refractivity contribution in [2.45, 2.75) is 57.0 Å². The molecule has 0 saturated carbocycles. The first-order valence-electron chi connectivity index (χ1n) is 10.7. The van der Waals surface area contributed by atoms with Gasteiger partial charge >= 0.3 is 0 Å². The summed E-state index contributed by atoms with van der Waals surface area (Å²) in [4.78, 5) is 26.4. The number of hydrogen-bond donors (Lipinski definition) is 1. The normalized spacial score (nSPS) is 14.6. The van der Waals surface area contributed by atoms with E-state index in [4.69, 9.17) is 0 Å². The van der Waals surface area contributed by atoms with Gasteiger partial charge in [-0.1, -0.05) is 50.6 Å². The van der Waals surface area contributed by atoms with Gasteiger partial charge in [0.1, 0.15) is 6.33 Å². The zero-order valence-electron chi connectivity index (χ0n) is 17.8. The molecule has 0 unspecified atom stereocenters. The lowest BCUT2D eigenvalue weighted by atomic mass is 10.0. The highest BCUT2D eigenvalue weighted by Crippen LogP contribution is 2.21. The van der Waals surface area contributed by atoms with Crippen molar-refractivity contribution in [2.24, 2.45) is 0 Å². The predicted molar refractivity (Wildman–Crippen MR) is 119 cm³/mol. The highest BCUT2D eigenvalue weighted by atomic mass is 32.2. The molecule has 162 valence electrons. The summed E-state index contributed by atoms with van der Waals surface area (Å²) in [7, 11) is 0. The van der Waals surface area contributed by atoms with E-state index < -0.39 is 0 Å². The second kappa shape index (κ2) is 11.2. The van der Waals surface area contributed by atoms with Crippen LogP contribution in [0.2, 0.25) is 0 Å². The number of carbonyl (C=O) groups excluding carboxylic acids is 2. The number of aromatic nitrogens is 3. The fourth-order valence-electron chi connectivity index (χ4n) is 3.49. The van der Waals surface area contributed by atoms with Crippen LogP contribution >= 0.6 is 11.8 Å². The lowest BCUT2D eigenvalue weighted by Crippen LogP contribution is -2.35. The van der Waals surface area contributed by atoms with E-state index in [0.29, 0.717) is 24.0 Å². The van der Waals surface area contributed by atoms with Crippen LogP contribution < -0.4 is 5.32 Å². The van der Waals surface area contributed by atoms with Crippen LogP contribution in [-0.4, -0.2) is 56.9 Å². The third-order valence-corrected chi connectivity index (χ3v) is 6.25. The number of nitrogens with one attached hydrogen (secondary N) is 1. The Bertz CT molecular complexity index is 826. The molecule has 0 bridgehead atoms. The Kier molecular flexibility index (Phi) is 8.30. The van der Waals surface area contributed by atoms with Crippen LogP contribution in [0.25, 0.3) is 5.69 Å². The van der Waals surface area contributed by atoms with Gasteiger partial charge in [0.15, 0.2) is 5.16 Å². The Morgan fingerprint density at radius 1 is 1.10 bits per heavy atom. The zero-order chi connectivity index (χ0) is 21.3. The van der Waals surface area contributed by atoms with Gasteiger partial charge in [-0.2, -0.15) is 0 Å². The average molecular weight is 430 g/mol. The van der Waals surface area contributed by atoms with E-state index >= 15 is 0 Å². The third-order valence-electron chi connectivity index (χ3n) is 5.31. The minimum Gasteiger partial charge on any atom is -0.355 e. The molecule has 3 rings (SSSR count). The Morgan fingerprint density at radius 3 is 2.47 bits per heavy atom. The largest absolute Gasteiger partial charge is 0.355 e. The smallest absolute Gasteiger partial charge is 0.230 e. The maximum Gasteiger partial charge on any atom is 0.230 e. The van der Waals surface area contributed by atoms with Gasteiger partial charge in [-0.3, -0.25) is 14.2 Å². The minimum absolute atomic E-state index is 0.103. The van der Waals surface area contributed by atoms with Crippen molar-refractivity contribution in [2.75, 3.05) is 25.4 Å².